The number of hydrogen-bond donors (Lipinski definition) is 1. The Morgan fingerprint density at radius 3 is 2.94 bits per heavy atom. The van der Waals surface area contributed by atoms with E-state index in [-0.39, 0.29) is 0 Å². The lowest BCUT2D eigenvalue weighted by molar-refractivity contribution is 0.742. The number of hydrogen-bond acceptors (Lipinski definition) is 3. The van der Waals surface area contributed by atoms with Crippen LogP contribution in [0.1, 0.15) is 17.8 Å². The topological polar surface area (TPSA) is 38.9 Å². The standard InChI is InChI=1S/C13H15ClN2S/c14-11-5-3-4-10(8-11)12-9-17-13(16-12)6-1-2-7-15/h3-5,8-9H,1-2,6-7,15H2. The van der Waals surface area contributed by atoms with Gasteiger partial charge in [0.25, 0.3) is 0 Å². The van der Waals surface area contributed by atoms with Gasteiger partial charge in [0.1, 0.15) is 0 Å². The number of nitrogens with zero attached hydrogens (tertiary/aromatic N) is 1. The van der Waals surface area contributed by atoms with E-state index in [0.717, 1.165) is 42.1 Å². The molecular weight excluding hydrogens is 252 g/mol. The second-order valence-corrected chi connectivity index (χ2v) is 5.26. The van der Waals surface area contributed by atoms with Crippen LogP contribution in [-0.4, -0.2) is 11.5 Å². The average molecular weight is 267 g/mol. The molecule has 0 saturated heterocycles. The molecule has 17 heavy (non-hydrogen) atoms. The molecule has 0 radical (unpaired) electrons. The van der Waals surface area contributed by atoms with Crippen molar-refractivity contribution in [3.05, 3.63) is 39.7 Å². The lowest BCUT2D eigenvalue weighted by Crippen LogP contribution is -1.98. The van der Waals surface area contributed by atoms with E-state index in [2.05, 4.69) is 10.4 Å². The second-order valence-electron chi connectivity index (χ2n) is 3.88. The maximum Gasteiger partial charge on any atom is 0.0932 e. The third kappa shape index (κ3) is 3.53. The first kappa shape index (κ1) is 12.6. The molecule has 1 heterocycles. The van der Waals surface area contributed by atoms with Gasteiger partial charge in [0, 0.05) is 16.0 Å². The molecular formula is C13H15ClN2S. The fourth-order valence-electron chi connectivity index (χ4n) is 1.63. The molecule has 90 valence electrons. The Bertz CT molecular complexity index is 482. The van der Waals surface area contributed by atoms with Crippen LogP contribution in [0.4, 0.5) is 0 Å². The Labute approximate surface area is 110 Å². The van der Waals surface area contributed by atoms with Gasteiger partial charge in [-0.3, -0.25) is 0 Å². The zero-order valence-electron chi connectivity index (χ0n) is 9.53. The number of rotatable bonds is 5. The SMILES string of the molecule is NCCCCc1nc(-c2cccc(Cl)c2)cs1. The number of thiazole rings is 1. The molecule has 2 N–H and O–H groups in total. The summed E-state index contributed by atoms with van der Waals surface area (Å²) in [5.74, 6) is 0. The molecule has 0 atom stereocenters. The smallest absolute Gasteiger partial charge is 0.0932 e. The molecule has 4 heteroatoms. The van der Waals surface area contributed by atoms with Gasteiger partial charge in [0.2, 0.25) is 0 Å². The molecule has 0 saturated carbocycles. The fourth-order valence-corrected chi connectivity index (χ4v) is 2.67. The summed E-state index contributed by atoms with van der Waals surface area (Å²) in [6.07, 6.45) is 3.19. The maximum atomic E-state index is 5.97. The molecule has 0 bridgehead atoms. The number of aryl methyl sites for hydroxylation is 1. The normalized spacial score (nSPS) is 10.7. The van der Waals surface area contributed by atoms with E-state index < -0.39 is 0 Å². The lowest BCUT2D eigenvalue weighted by atomic mass is 10.2. The molecule has 0 unspecified atom stereocenters. The van der Waals surface area contributed by atoms with Crippen molar-refractivity contribution in [2.75, 3.05) is 6.54 Å². The number of benzene rings is 1. The van der Waals surface area contributed by atoms with E-state index >= 15 is 0 Å². The lowest BCUT2D eigenvalue weighted by Gasteiger charge is -1.97. The van der Waals surface area contributed by atoms with Gasteiger partial charge in [-0.1, -0.05) is 23.7 Å². The molecule has 2 nitrogen and oxygen atoms in total. The molecule has 0 aliphatic rings. The average Bonchev–Trinajstić information content (AvgIpc) is 2.78. The highest BCUT2D eigenvalue weighted by molar-refractivity contribution is 7.09. The minimum atomic E-state index is 0.750. The number of unbranched alkanes of at least 4 members (excludes halogenated alkanes) is 1. The van der Waals surface area contributed by atoms with Crippen LogP contribution in [0.5, 0.6) is 0 Å². The number of halogens is 1. The Kier molecular flexibility index (Phi) is 4.54. The molecule has 0 aliphatic carbocycles. The van der Waals surface area contributed by atoms with Crippen molar-refractivity contribution in [2.24, 2.45) is 5.73 Å². The molecule has 0 amide bonds. The van der Waals surface area contributed by atoms with Crippen molar-refractivity contribution in [3.63, 3.8) is 0 Å². The molecule has 0 aliphatic heterocycles. The molecule has 0 spiro atoms. The Hall–Kier alpha value is -0.900. The molecule has 0 fully saturated rings. The number of aromatic nitrogens is 1. The summed E-state index contributed by atoms with van der Waals surface area (Å²) < 4.78 is 0. The quantitative estimate of drug-likeness (QED) is 0.838. The van der Waals surface area contributed by atoms with Gasteiger partial charge in [-0.25, -0.2) is 4.98 Å². The minimum absolute atomic E-state index is 0.750. The largest absolute Gasteiger partial charge is 0.330 e. The van der Waals surface area contributed by atoms with Gasteiger partial charge >= 0.3 is 0 Å². The Balaban J connectivity index is 2.07. The van der Waals surface area contributed by atoms with Crippen LogP contribution in [-0.2, 0) is 6.42 Å². The number of nitrogens with two attached hydrogens (primary N) is 1. The summed E-state index contributed by atoms with van der Waals surface area (Å²) in [5.41, 5.74) is 7.57. The van der Waals surface area contributed by atoms with Gasteiger partial charge in [-0.15, -0.1) is 11.3 Å². The van der Waals surface area contributed by atoms with Crippen LogP contribution in [0.2, 0.25) is 5.02 Å². The molecule has 2 aromatic rings. The van der Waals surface area contributed by atoms with Crippen LogP contribution in [0.3, 0.4) is 0 Å². The Morgan fingerprint density at radius 1 is 1.29 bits per heavy atom. The van der Waals surface area contributed by atoms with Gasteiger partial charge in [0.05, 0.1) is 10.7 Å². The first-order valence-electron chi connectivity index (χ1n) is 5.70. The predicted molar refractivity (Wildman–Crippen MR) is 74.6 cm³/mol. The summed E-state index contributed by atoms with van der Waals surface area (Å²) in [6.45, 7) is 0.756. The molecule has 2 rings (SSSR count). The first-order valence-corrected chi connectivity index (χ1v) is 6.96. The second kappa shape index (κ2) is 6.15. The van der Waals surface area contributed by atoms with E-state index in [1.807, 2.05) is 24.3 Å². The summed E-state index contributed by atoms with van der Waals surface area (Å²) in [6, 6.07) is 7.80. The molecule has 1 aromatic heterocycles. The van der Waals surface area contributed by atoms with Crippen LogP contribution in [0, 0.1) is 0 Å². The zero-order chi connectivity index (χ0) is 12.1. The Morgan fingerprint density at radius 2 is 2.18 bits per heavy atom. The van der Waals surface area contributed by atoms with Crippen LogP contribution >= 0.6 is 22.9 Å². The summed E-state index contributed by atoms with van der Waals surface area (Å²) in [4.78, 5) is 4.61. The van der Waals surface area contributed by atoms with Gasteiger partial charge in [0.15, 0.2) is 0 Å². The predicted octanol–water partition coefficient (Wildman–Crippen LogP) is 3.74. The van der Waals surface area contributed by atoms with Crippen molar-refractivity contribution in [1.29, 1.82) is 0 Å². The monoisotopic (exact) mass is 266 g/mol. The first-order chi connectivity index (χ1) is 8.29. The highest BCUT2D eigenvalue weighted by Crippen LogP contribution is 2.24. The van der Waals surface area contributed by atoms with Gasteiger partial charge in [-0.2, -0.15) is 0 Å². The summed E-state index contributed by atoms with van der Waals surface area (Å²) in [7, 11) is 0. The zero-order valence-corrected chi connectivity index (χ0v) is 11.1. The van der Waals surface area contributed by atoms with E-state index in [1.165, 1.54) is 5.01 Å². The summed E-state index contributed by atoms with van der Waals surface area (Å²) >= 11 is 7.67. The third-order valence-electron chi connectivity index (χ3n) is 2.52. The van der Waals surface area contributed by atoms with Crippen LogP contribution < -0.4 is 5.73 Å². The van der Waals surface area contributed by atoms with E-state index in [4.69, 9.17) is 17.3 Å². The third-order valence-corrected chi connectivity index (χ3v) is 3.66. The van der Waals surface area contributed by atoms with Crippen molar-refractivity contribution in [1.82, 2.24) is 4.98 Å². The fraction of sp³-hybridized carbons (Fsp3) is 0.308. The van der Waals surface area contributed by atoms with Crippen LogP contribution in [0.25, 0.3) is 11.3 Å². The van der Waals surface area contributed by atoms with Crippen molar-refractivity contribution in [2.45, 2.75) is 19.3 Å². The van der Waals surface area contributed by atoms with Crippen molar-refractivity contribution in [3.8, 4) is 11.3 Å². The van der Waals surface area contributed by atoms with E-state index in [1.54, 1.807) is 11.3 Å². The molecule has 1 aromatic carbocycles. The maximum absolute atomic E-state index is 5.97. The van der Waals surface area contributed by atoms with E-state index in [9.17, 15) is 0 Å². The van der Waals surface area contributed by atoms with Gasteiger partial charge < -0.3 is 5.73 Å². The highest BCUT2D eigenvalue weighted by Gasteiger charge is 2.04. The minimum Gasteiger partial charge on any atom is -0.330 e. The van der Waals surface area contributed by atoms with Crippen molar-refractivity contribution < 1.29 is 0 Å². The summed E-state index contributed by atoms with van der Waals surface area (Å²) in [5, 5.41) is 4.01. The highest BCUT2D eigenvalue weighted by atomic mass is 35.5. The van der Waals surface area contributed by atoms with Crippen molar-refractivity contribution >= 4 is 22.9 Å². The van der Waals surface area contributed by atoms with Crippen LogP contribution in [0.15, 0.2) is 29.6 Å². The van der Waals surface area contributed by atoms with E-state index in [0.29, 0.717) is 0 Å². The van der Waals surface area contributed by atoms with Gasteiger partial charge in [-0.05, 0) is 37.9 Å².